The molecule has 0 amide bonds. The lowest BCUT2D eigenvalue weighted by Gasteiger charge is -2.45. The molecule has 0 aromatic rings. The lowest BCUT2D eigenvalue weighted by molar-refractivity contribution is 0.0567. The van der Waals surface area contributed by atoms with Crippen LogP contribution in [0.4, 0.5) is 0 Å². The van der Waals surface area contributed by atoms with Crippen LogP contribution in [0.25, 0.3) is 0 Å². The lowest BCUT2D eigenvalue weighted by atomic mass is 9.86. The van der Waals surface area contributed by atoms with E-state index in [9.17, 15) is 0 Å². The van der Waals surface area contributed by atoms with Gasteiger partial charge >= 0.3 is 0 Å². The number of hydrogen-bond acceptors (Lipinski definition) is 2. The Bertz CT molecular complexity index is 215. The molecule has 1 aliphatic heterocycles. The zero-order valence-corrected chi connectivity index (χ0v) is 13.3. The number of hydrogen-bond donors (Lipinski definition) is 1. The van der Waals surface area contributed by atoms with Crippen LogP contribution in [0, 0.1) is 0 Å². The highest BCUT2D eigenvalue weighted by molar-refractivity contribution is 4.90. The molecule has 0 spiro atoms. The summed E-state index contributed by atoms with van der Waals surface area (Å²) in [6.07, 6.45) is 7.73. The van der Waals surface area contributed by atoms with Gasteiger partial charge in [0.25, 0.3) is 0 Å². The third kappa shape index (κ3) is 3.71. The summed E-state index contributed by atoms with van der Waals surface area (Å²) in [5, 5.41) is 3.77. The molecule has 108 valence electrons. The average molecular weight is 254 g/mol. The molecule has 2 nitrogen and oxygen atoms in total. The minimum absolute atomic E-state index is 0.454. The van der Waals surface area contributed by atoms with Crippen molar-refractivity contribution in [1.82, 2.24) is 10.2 Å². The van der Waals surface area contributed by atoms with Crippen molar-refractivity contribution in [2.45, 2.75) is 90.8 Å². The number of nitrogens with one attached hydrogen (secondary N) is 1. The van der Waals surface area contributed by atoms with E-state index in [1.165, 1.54) is 51.6 Å². The average Bonchev–Trinajstić information content (AvgIpc) is 2.38. The predicted molar refractivity (Wildman–Crippen MR) is 81.1 cm³/mol. The molecule has 1 saturated heterocycles. The highest BCUT2D eigenvalue weighted by atomic mass is 15.2. The van der Waals surface area contributed by atoms with Gasteiger partial charge in [-0.15, -0.1) is 0 Å². The second-order valence-corrected chi connectivity index (χ2v) is 6.02. The van der Waals surface area contributed by atoms with Crippen LogP contribution < -0.4 is 5.32 Å². The molecule has 2 heteroatoms. The highest BCUT2D eigenvalue weighted by Gasteiger charge is 2.32. The Labute approximate surface area is 115 Å². The summed E-state index contributed by atoms with van der Waals surface area (Å²) >= 11 is 0. The normalized spacial score (nSPS) is 27.8. The zero-order chi connectivity index (χ0) is 13.6. The van der Waals surface area contributed by atoms with Crippen molar-refractivity contribution in [3.63, 3.8) is 0 Å². The molecule has 0 aromatic heterocycles. The molecule has 0 bridgehead atoms. The Morgan fingerprint density at radius 2 is 1.56 bits per heavy atom. The number of rotatable bonds is 5. The summed E-state index contributed by atoms with van der Waals surface area (Å²) < 4.78 is 0. The first kappa shape index (κ1) is 16.0. The largest absolute Gasteiger partial charge is 0.311 e. The minimum atomic E-state index is 0.454. The minimum Gasteiger partial charge on any atom is -0.311 e. The van der Waals surface area contributed by atoms with Crippen LogP contribution in [-0.4, -0.2) is 35.6 Å². The smallest absolute Gasteiger partial charge is 0.0201 e. The fraction of sp³-hybridized carbons (Fsp3) is 1.00. The third-order valence-corrected chi connectivity index (χ3v) is 5.24. The van der Waals surface area contributed by atoms with Gasteiger partial charge in [0.2, 0.25) is 0 Å². The third-order valence-electron chi connectivity index (χ3n) is 5.24. The van der Waals surface area contributed by atoms with Crippen molar-refractivity contribution in [1.29, 1.82) is 0 Å². The van der Waals surface area contributed by atoms with Gasteiger partial charge in [-0.1, -0.05) is 27.7 Å². The van der Waals surface area contributed by atoms with Gasteiger partial charge in [-0.2, -0.15) is 0 Å². The van der Waals surface area contributed by atoms with E-state index in [4.69, 9.17) is 0 Å². The molecule has 1 N–H and O–H groups in total. The van der Waals surface area contributed by atoms with E-state index < -0.39 is 0 Å². The van der Waals surface area contributed by atoms with Crippen molar-refractivity contribution in [2.24, 2.45) is 0 Å². The zero-order valence-electron chi connectivity index (χ0n) is 13.3. The molecule has 1 rings (SSSR count). The second-order valence-electron chi connectivity index (χ2n) is 6.02. The summed E-state index contributed by atoms with van der Waals surface area (Å²) in [5.74, 6) is 0. The molecule has 1 fully saturated rings. The summed E-state index contributed by atoms with van der Waals surface area (Å²) in [6, 6.07) is 1.38. The van der Waals surface area contributed by atoms with Crippen LogP contribution in [0.1, 0.15) is 73.1 Å². The van der Waals surface area contributed by atoms with Gasteiger partial charge in [-0.25, -0.2) is 0 Å². The molecule has 0 saturated carbocycles. The Hall–Kier alpha value is -0.0800. The van der Waals surface area contributed by atoms with Crippen LogP contribution in [-0.2, 0) is 0 Å². The summed E-state index contributed by atoms with van der Waals surface area (Å²) in [4.78, 5) is 2.80. The van der Waals surface area contributed by atoms with Gasteiger partial charge in [-0.3, -0.25) is 4.90 Å². The van der Waals surface area contributed by atoms with Crippen molar-refractivity contribution < 1.29 is 0 Å². The summed E-state index contributed by atoms with van der Waals surface area (Å²) in [5.41, 5.74) is 0.454. The standard InChI is InChI=1S/C16H34N2/c1-6-15-11-13-18(12-10-14(5)17-15)16(7-2,8-3)9-4/h14-15,17H,6-13H2,1-5H3. The Morgan fingerprint density at radius 1 is 1.00 bits per heavy atom. The quantitative estimate of drug-likeness (QED) is 0.802. The van der Waals surface area contributed by atoms with Crippen LogP contribution in [0.5, 0.6) is 0 Å². The molecule has 1 aliphatic rings. The first-order valence-electron chi connectivity index (χ1n) is 8.12. The van der Waals surface area contributed by atoms with Crippen LogP contribution in [0.15, 0.2) is 0 Å². The molecule has 0 aromatic carbocycles. The maximum Gasteiger partial charge on any atom is 0.0201 e. The van der Waals surface area contributed by atoms with Crippen molar-refractivity contribution >= 4 is 0 Å². The fourth-order valence-electron chi connectivity index (χ4n) is 3.56. The van der Waals surface area contributed by atoms with E-state index in [1.54, 1.807) is 0 Å². The van der Waals surface area contributed by atoms with E-state index in [1.807, 2.05) is 0 Å². The Balaban J connectivity index is 2.74. The van der Waals surface area contributed by atoms with Crippen LogP contribution in [0.3, 0.4) is 0 Å². The Morgan fingerprint density at radius 3 is 2.06 bits per heavy atom. The monoisotopic (exact) mass is 254 g/mol. The summed E-state index contributed by atoms with van der Waals surface area (Å²) in [6.45, 7) is 14.3. The maximum absolute atomic E-state index is 3.77. The topological polar surface area (TPSA) is 15.3 Å². The second kappa shape index (κ2) is 7.49. The molecule has 0 radical (unpaired) electrons. The predicted octanol–water partition coefficient (Wildman–Crippen LogP) is 3.81. The Kier molecular flexibility index (Phi) is 6.65. The lowest BCUT2D eigenvalue weighted by Crippen LogP contribution is -2.53. The van der Waals surface area contributed by atoms with Gasteiger partial charge in [0, 0.05) is 30.7 Å². The van der Waals surface area contributed by atoms with Crippen LogP contribution >= 0.6 is 0 Å². The maximum atomic E-state index is 3.77. The van der Waals surface area contributed by atoms with E-state index in [-0.39, 0.29) is 0 Å². The van der Waals surface area contributed by atoms with Gasteiger partial charge < -0.3 is 5.32 Å². The molecule has 2 atom stereocenters. The molecule has 1 heterocycles. The van der Waals surface area contributed by atoms with Gasteiger partial charge in [0.1, 0.15) is 0 Å². The van der Waals surface area contributed by atoms with E-state index in [2.05, 4.69) is 44.8 Å². The van der Waals surface area contributed by atoms with Gasteiger partial charge in [0.15, 0.2) is 0 Å². The van der Waals surface area contributed by atoms with E-state index >= 15 is 0 Å². The fourth-order valence-corrected chi connectivity index (χ4v) is 3.56. The summed E-state index contributed by atoms with van der Waals surface area (Å²) in [7, 11) is 0. The van der Waals surface area contributed by atoms with Crippen molar-refractivity contribution in [2.75, 3.05) is 13.1 Å². The SMILES string of the molecule is CCC1CCN(C(CC)(CC)CC)CCC(C)N1. The van der Waals surface area contributed by atoms with E-state index in [0.29, 0.717) is 17.6 Å². The molecular formula is C16H34N2. The molecule has 18 heavy (non-hydrogen) atoms. The molecule has 0 aliphatic carbocycles. The molecule has 2 unspecified atom stereocenters. The van der Waals surface area contributed by atoms with E-state index in [0.717, 1.165) is 0 Å². The highest BCUT2D eigenvalue weighted by Crippen LogP contribution is 2.29. The first-order valence-corrected chi connectivity index (χ1v) is 8.12. The molecular weight excluding hydrogens is 220 g/mol. The van der Waals surface area contributed by atoms with Crippen molar-refractivity contribution in [3.8, 4) is 0 Å². The van der Waals surface area contributed by atoms with Gasteiger partial charge in [0.05, 0.1) is 0 Å². The first-order chi connectivity index (χ1) is 8.61. The van der Waals surface area contributed by atoms with Crippen LogP contribution in [0.2, 0.25) is 0 Å². The number of nitrogens with zero attached hydrogens (tertiary/aromatic N) is 1. The van der Waals surface area contributed by atoms with Crippen molar-refractivity contribution in [3.05, 3.63) is 0 Å². The van der Waals surface area contributed by atoms with Gasteiger partial charge in [-0.05, 0) is 45.4 Å².